The molecule has 0 amide bonds. The molecule has 1 aliphatic rings. The normalized spacial score (nSPS) is 16.1. The number of aromatic nitrogens is 4. The lowest BCUT2D eigenvalue weighted by Gasteiger charge is -2.38. The predicted molar refractivity (Wildman–Crippen MR) is 66.0 cm³/mol. The van der Waals surface area contributed by atoms with Gasteiger partial charge in [-0.15, -0.1) is 0 Å². The molecule has 1 fully saturated rings. The minimum Gasteiger partial charge on any atom is -0.349 e. The number of hydrogen-bond acceptors (Lipinski definition) is 5. The molecule has 0 radical (unpaired) electrons. The average Bonchev–Trinajstić information content (AvgIpc) is 2.73. The molecule has 3 rings (SSSR count). The maximum Gasteiger partial charge on any atom is 0.182 e. The van der Waals surface area contributed by atoms with Gasteiger partial charge >= 0.3 is 0 Å². The summed E-state index contributed by atoms with van der Waals surface area (Å²) in [7, 11) is 0. The summed E-state index contributed by atoms with van der Waals surface area (Å²) in [5, 5.41) is 3.30. The van der Waals surface area contributed by atoms with Crippen LogP contribution in [0.2, 0.25) is 0 Å². The zero-order valence-corrected chi connectivity index (χ0v) is 9.85. The Labute approximate surface area is 99.5 Å². The van der Waals surface area contributed by atoms with E-state index in [0.717, 1.165) is 43.0 Å². The molecule has 0 saturated carbocycles. The van der Waals surface area contributed by atoms with Gasteiger partial charge in [-0.05, 0) is 6.42 Å². The minimum atomic E-state index is 0.538. The largest absolute Gasteiger partial charge is 0.349 e. The van der Waals surface area contributed by atoms with Gasteiger partial charge in [0.2, 0.25) is 0 Å². The van der Waals surface area contributed by atoms with Crippen LogP contribution in [-0.2, 0) is 0 Å². The second-order valence-electron chi connectivity index (χ2n) is 4.30. The summed E-state index contributed by atoms with van der Waals surface area (Å²) in [5.74, 6) is 0.973. The monoisotopic (exact) mass is 232 g/mol. The first kappa shape index (κ1) is 10.5. The molecule has 6 heteroatoms. The molecule has 0 unspecified atom stereocenters. The van der Waals surface area contributed by atoms with Gasteiger partial charge in [0.25, 0.3) is 0 Å². The van der Waals surface area contributed by atoms with Crippen molar-refractivity contribution >= 4 is 17.0 Å². The molecule has 17 heavy (non-hydrogen) atoms. The molecular formula is C11H16N6. The number of nitrogens with zero attached hydrogens (tertiary/aromatic N) is 4. The van der Waals surface area contributed by atoms with Gasteiger partial charge in [0.05, 0.1) is 12.4 Å². The molecule has 2 aromatic heterocycles. The van der Waals surface area contributed by atoms with E-state index < -0.39 is 0 Å². The molecule has 2 aromatic rings. The van der Waals surface area contributed by atoms with Crippen LogP contribution in [0.15, 0.2) is 12.7 Å². The van der Waals surface area contributed by atoms with E-state index in [0.29, 0.717) is 6.04 Å². The molecule has 0 aromatic carbocycles. The Morgan fingerprint density at radius 3 is 2.94 bits per heavy atom. The number of fused-ring (bicyclic) bond motifs is 1. The second-order valence-corrected chi connectivity index (χ2v) is 4.30. The van der Waals surface area contributed by atoms with Crippen molar-refractivity contribution < 1.29 is 0 Å². The van der Waals surface area contributed by atoms with Crippen LogP contribution < -0.4 is 10.2 Å². The van der Waals surface area contributed by atoms with Crippen LogP contribution in [0, 0.1) is 0 Å². The molecular weight excluding hydrogens is 216 g/mol. The Morgan fingerprint density at radius 1 is 1.35 bits per heavy atom. The Hall–Kier alpha value is -1.69. The first-order valence-corrected chi connectivity index (χ1v) is 6.01. The Morgan fingerprint density at radius 2 is 2.24 bits per heavy atom. The van der Waals surface area contributed by atoms with E-state index in [1.165, 1.54) is 0 Å². The quantitative estimate of drug-likeness (QED) is 0.805. The zero-order chi connectivity index (χ0) is 11.7. The fourth-order valence-electron chi connectivity index (χ4n) is 2.17. The highest BCUT2D eigenvalue weighted by Crippen LogP contribution is 2.23. The van der Waals surface area contributed by atoms with Crippen molar-refractivity contribution in [2.24, 2.45) is 0 Å². The SMILES string of the molecule is CCCN(c1ncnc2nc[nH]c12)C1CNC1. The van der Waals surface area contributed by atoms with Crippen molar-refractivity contribution in [1.29, 1.82) is 0 Å². The van der Waals surface area contributed by atoms with Gasteiger partial charge in [-0.3, -0.25) is 0 Å². The van der Waals surface area contributed by atoms with Gasteiger partial charge < -0.3 is 15.2 Å². The molecule has 0 bridgehead atoms. The van der Waals surface area contributed by atoms with Gasteiger partial charge in [-0.2, -0.15) is 0 Å². The molecule has 3 heterocycles. The van der Waals surface area contributed by atoms with Gasteiger partial charge in [-0.25, -0.2) is 15.0 Å². The fourth-order valence-corrected chi connectivity index (χ4v) is 2.17. The zero-order valence-electron chi connectivity index (χ0n) is 9.85. The number of anilines is 1. The van der Waals surface area contributed by atoms with Gasteiger partial charge in [0.15, 0.2) is 11.5 Å². The van der Waals surface area contributed by atoms with Crippen molar-refractivity contribution in [3.63, 3.8) is 0 Å². The maximum atomic E-state index is 4.42. The summed E-state index contributed by atoms with van der Waals surface area (Å²) >= 11 is 0. The summed E-state index contributed by atoms with van der Waals surface area (Å²) in [6, 6.07) is 0.538. The number of nitrogens with one attached hydrogen (secondary N) is 2. The van der Waals surface area contributed by atoms with E-state index in [1.54, 1.807) is 12.7 Å². The first-order valence-electron chi connectivity index (χ1n) is 6.01. The molecule has 2 N–H and O–H groups in total. The summed E-state index contributed by atoms with van der Waals surface area (Å²) in [6.45, 7) is 5.25. The fraction of sp³-hybridized carbons (Fsp3) is 0.545. The maximum absolute atomic E-state index is 4.42. The van der Waals surface area contributed by atoms with Crippen LogP contribution in [0.3, 0.4) is 0 Å². The van der Waals surface area contributed by atoms with Crippen molar-refractivity contribution in [1.82, 2.24) is 25.3 Å². The van der Waals surface area contributed by atoms with Gasteiger partial charge in [-0.1, -0.05) is 6.92 Å². The lowest BCUT2D eigenvalue weighted by molar-refractivity contribution is 0.411. The Bertz CT molecular complexity index is 503. The second kappa shape index (κ2) is 4.29. The molecule has 0 atom stereocenters. The molecule has 90 valence electrons. The van der Waals surface area contributed by atoms with Crippen molar-refractivity contribution in [2.75, 3.05) is 24.5 Å². The highest BCUT2D eigenvalue weighted by molar-refractivity contribution is 5.82. The first-order chi connectivity index (χ1) is 8.40. The summed E-state index contributed by atoms with van der Waals surface area (Å²) in [5.41, 5.74) is 1.68. The molecule has 0 aliphatic carbocycles. The number of H-pyrrole nitrogens is 1. The van der Waals surface area contributed by atoms with Crippen LogP contribution >= 0.6 is 0 Å². The lowest BCUT2D eigenvalue weighted by Crippen LogP contribution is -2.57. The van der Waals surface area contributed by atoms with Crippen molar-refractivity contribution in [2.45, 2.75) is 19.4 Å². The van der Waals surface area contributed by atoms with E-state index in [-0.39, 0.29) is 0 Å². The van der Waals surface area contributed by atoms with E-state index in [9.17, 15) is 0 Å². The topological polar surface area (TPSA) is 69.7 Å². The molecule has 0 spiro atoms. The van der Waals surface area contributed by atoms with E-state index in [4.69, 9.17) is 0 Å². The number of aromatic amines is 1. The van der Waals surface area contributed by atoms with Crippen LogP contribution in [0.4, 0.5) is 5.82 Å². The third kappa shape index (κ3) is 1.74. The number of rotatable bonds is 4. The van der Waals surface area contributed by atoms with E-state index >= 15 is 0 Å². The van der Waals surface area contributed by atoms with Crippen LogP contribution in [0.25, 0.3) is 11.2 Å². The van der Waals surface area contributed by atoms with Gasteiger partial charge in [0.1, 0.15) is 11.8 Å². The predicted octanol–water partition coefficient (Wildman–Crippen LogP) is 0.541. The van der Waals surface area contributed by atoms with Gasteiger partial charge in [0, 0.05) is 19.6 Å². The number of hydrogen-bond donors (Lipinski definition) is 2. The summed E-state index contributed by atoms with van der Waals surface area (Å²) in [4.78, 5) is 18.2. The average molecular weight is 232 g/mol. The van der Waals surface area contributed by atoms with Crippen LogP contribution in [-0.4, -0.2) is 45.6 Å². The molecule has 6 nitrogen and oxygen atoms in total. The van der Waals surface area contributed by atoms with Crippen LogP contribution in [0.5, 0.6) is 0 Å². The number of imidazole rings is 1. The minimum absolute atomic E-state index is 0.538. The third-order valence-corrected chi connectivity index (χ3v) is 3.14. The molecule has 1 aliphatic heterocycles. The highest BCUT2D eigenvalue weighted by atomic mass is 15.3. The summed E-state index contributed by atoms with van der Waals surface area (Å²) in [6.07, 6.45) is 4.37. The summed E-state index contributed by atoms with van der Waals surface area (Å²) < 4.78 is 0. The third-order valence-electron chi connectivity index (χ3n) is 3.14. The highest BCUT2D eigenvalue weighted by Gasteiger charge is 2.26. The van der Waals surface area contributed by atoms with E-state index in [2.05, 4.69) is 37.1 Å². The van der Waals surface area contributed by atoms with Crippen molar-refractivity contribution in [3.8, 4) is 0 Å². The Balaban J connectivity index is 2.01. The smallest absolute Gasteiger partial charge is 0.182 e. The van der Waals surface area contributed by atoms with Crippen LogP contribution in [0.1, 0.15) is 13.3 Å². The van der Waals surface area contributed by atoms with E-state index in [1.807, 2.05) is 0 Å². The lowest BCUT2D eigenvalue weighted by atomic mass is 10.1. The van der Waals surface area contributed by atoms with Crippen molar-refractivity contribution in [3.05, 3.63) is 12.7 Å². The Kier molecular flexibility index (Phi) is 2.64. The standard InChI is InChI=1S/C11H16N6/c1-2-3-17(8-4-12-5-8)11-9-10(14-6-13-9)15-7-16-11/h6-8,12H,2-5H2,1H3,(H,13,14,15,16). The molecule has 1 saturated heterocycles.